The normalized spacial score (nSPS) is 10.5. The molecule has 2 aromatic rings. The van der Waals surface area contributed by atoms with Crippen molar-refractivity contribution in [2.45, 2.75) is 0 Å². The van der Waals surface area contributed by atoms with Crippen molar-refractivity contribution in [2.24, 2.45) is 0 Å². The average molecular weight is 351 g/mol. The molecule has 7 heteroatoms. The topological polar surface area (TPSA) is 68.3 Å². The summed E-state index contributed by atoms with van der Waals surface area (Å²) in [6.45, 7) is -0.446. The molecule has 5 nitrogen and oxygen atoms in total. The van der Waals surface area contributed by atoms with E-state index in [0.29, 0.717) is 5.02 Å². The van der Waals surface area contributed by atoms with Crippen molar-refractivity contribution in [3.8, 4) is 0 Å². The smallest absolute Gasteiger partial charge is 0.331 e. The van der Waals surface area contributed by atoms with Gasteiger partial charge in [0.15, 0.2) is 12.4 Å². The third-order valence-electron chi connectivity index (χ3n) is 2.62. The highest BCUT2D eigenvalue weighted by atomic mass is 35.5. The van der Waals surface area contributed by atoms with Gasteiger partial charge in [-0.05, 0) is 17.7 Å². The minimum absolute atomic E-state index is 0.150. The number of nitrogens with one attached hydrogen (secondary N) is 1. The number of benzene rings is 1. The highest BCUT2D eigenvalue weighted by Crippen LogP contribution is 2.22. The molecule has 0 bridgehead atoms. The Morgan fingerprint density at radius 2 is 1.96 bits per heavy atom. The zero-order chi connectivity index (χ0) is 16.7. The molecule has 0 radical (unpaired) electrons. The molecule has 0 unspecified atom stereocenters. The van der Waals surface area contributed by atoms with Crippen molar-refractivity contribution >= 4 is 47.0 Å². The molecule has 0 spiro atoms. The van der Waals surface area contributed by atoms with Crippen LogP contribution < -0.4 is 5.32 Å². The maximum atomic E-state index is 11.7. The van der Waals surface area contributed by atoms with Gasteiger partial charge in [0.2, 0.25) is 0 Å². The molecule has 0 fully saturated rings. The molecule has 2 rings (SSSR count). The molecule has 1 aromatic heterocycles. The van der Waals surface area contributed by atoms with Gasteiger partial charge in [-0.15, -0.1) is 0 Å². The summed E-state index contributed by atoms with van der Waals surface area (Å²) in [5.41, 5.74) is 0.853. The average Bonchev–Trinajstić information content (AvgIpc) is 2.54. The monoisotopic (exact) mass is 350 g/mol. The van der Waals surface area contributed by atoms with Crippen LogP contribution in [0.2, 0.25) is 10.0 Å². The van der Waals surface area contributed by atoms with Crippen LogP contribution in [0.15, 0.2) is 48.7 Å². The van der Waals surface area contributed by atoms with Gasteiger partial charge in [-0.3, -0.25) is 4.79 Å². The lowest BCUT2D eigenvalue weighted by atomic mass is 10.2. The first kappa shape index (κ1) is 17.0. The summed E-state index contributed by atoms with van der Waals surface area (Å²) in [4.78, 5) is 27.1. The highest BCUT2D eigenvalue weighted by molar-refractivity contribution is 6.36. The maximum absolute atomic E-state index is 11.7. The number of hydrogen-bond donors (Lipinski definition) is 1. The predicted molar refractivity (Wildman–Crippen MR) is 89.3 cm³/mol. The summed E-state index contributed by atoms with van der Waals surface area (Å²) < 4.78 is 4.83. The van der Waals surface area contributed by atoms with Crippen LogP contribution in [0.3, 0.4) is 0 Å². The van der Waals surface area contributed by atoms with Crippen molar-refractivity contribution in [3.63, 3.8) is 0 Å². The van der Waals surface area contributed by atoms with Gasteiger partial charge in [0.05, 0.1) is 10.0 Å². The number of carbonyl (C=O) groups is 2. The van der Waals surface area contributed by atoms with Crippen molar-refractivity contribution in [2.75, 3.05) is 11.9 Å². The van der Waals surface area contributed by atoms with Crippen molar-refractivity contribution in [1.29, 1.82) is 0 Å². The van der Waals surface area contributed by atoms with E-state index >= 15 is 0 Å². The molecule has 1 amide bonds. The Bertz CT molecular complexity index is 733. The van der Waals surface area contributed by atoms with Gasteiger partial charge in [0, 0.05) is 12.3 Å². The standard InChI is InChI=1S/C16H12Cl2N2O3/c17-12-8-13(18)16(19-9-12)20-14(21)10-23-15(22)7-6-11-4-2-1-3-5-11/h1-9H,10H2,(H,19,20,21). The quantitative estimate of drug-likeness (QED) is 0.660. The fourth-order valence-corrected chi connectivity index (χ4v) is 2.02. The minimum atomic E-state index is -0.626. The van der Waals surface area contributed by atoms with Crippen LogP contribution in [0.1, 0.15) is 5.56 Å². The van der Waals surface area contributed by atoms with Gasteiger partial charge >= 0.3 is 5.97 Å². The van der Waals surface area contributed by atoms with Crippen molar-refractivity contribution < 1.29 is 14.3 Å². The summed E-state index contributed by atoms with van der Waals surface area (Å²) in [7, 11) is 0. The Balaban J connectivity index is 1.82. The first-order chi connectivity index (χ1) is 11.0. The van der Waals surface area contributed by atoms with Crippen LogP contribution in [-0.2, 0) is 14.3 Å². The Kier molecular flexibility index (Phi) is 6.14. The Morgan fingerprint density at radius 3 is 2.65 bits per heavy atom. The van der Waals surface area contributed by atoms with Crippen molar-refractivity contribution in [1.82, 2.24) is 4.98 Å². The van der Waals surface area contributed by atoms with E-state index < -0.39 is 18.5 Å². The van der Waals surface area contributed by atoms with Crippen LogP contribution in [0, 0.1) is 0 Å². The molecule has 0 aliphatic rings. The number of rotatable bonds is 5. The fraction of sp³-hybridized carbons (Fsp3) is 0.0625. The largest absolute Gasteiger partial charge is 0.452 e. The Hall–Kier alpha value is -2.37. The van der Waals surface area contributed by atoms with E-state index in [4.69, 9.17) is 27.9 Å². The predicted octanol–water partition coefficient (Wildman–Crippen LogP) is 3.58. The number of anilines is 1. The third kappa shape index (κ3) is 5.73. The zero-order valence-corrected chi connectivity index (χ0v) is 13.3. The molecule has 1 aromatic carbocycles. The molecule has 23 heavy (non-hydrogen) atoms. The number of ether oxygens (including phenoxy) is 1. The summed E-state index contributed by atoms with van der Waals surface area (Å²) in [6.07, 6.45) is 4.19. The molecule has 0 aliphatic heterocycles. The molecular formula is C16H12Cl2N2O3. The van der Waals surface area contributed by atoms with E-state index in [-0.39, 0.29) is 10.8 Å². The van der Waals surface area contributed by atoms with Gasteiger partial charge in [-0.1, -0.05) is 53.5 Å². The molecule has 1 heterocycles. The minimum Gasteiger partial charge on any atom is -0.452 e. The highest BCUT2D eigenvalue weighted by Gasteiger charge is 2.09. The molecule has 0 aliphatic carbocycles. The first-order valence-corrected chi connectivity index (χ1v) is 7.31. The SMILES string of the molecule is O=C(COC(=O)C=Cc1ccccc1)Nc1ncc(Cl)cc1Cl. The number of halogens is 2. The first-order valence-electron chi connectivity index (χ1n) is 6.55. The number of hydrogen-bond acceptors (Lipinski definition) is 4. The van der Waals surface area contributed by atoms with Gasteiger partial charge in [0.25, 0.3) is 5.91 Å². The zero-order valence-electron chi connectivity index (χ0n) is 11.8. The van der Waals surface area contributed by atoms with E-state index in [9.17, 15) is 9.59 Å². The molecule has 118 valence electrons. The fourth-order valence-electron chi connectivity index (χ4n) is 1.59. The molecule has 0 saturated carbocycles. The molecule has 0 atom stereocenters. The second-order valence-electron chi connectivity index (χ2n) is 4.38. The maximum Gasteiger partial charge on any atom is 0.331 e. The summed E-state index contributed by atoms with van der Waals surface area (Å²) >= 11 is 11.6. The summed E-state index contributed by atoms with van der Waals surface area (Å²) in [5, 5.41) is 2.97. The van der Waals surface area contributed by atoms with E-state index in [1.54, 1.807) is 6.08 Å². The van der Waals surface area contributed by atoms with Crippen LogP contribution >= 0.6 is 23.2 Å². The van der Waals surface area contributed by atoms with Gasteiger partial charge in [-0.2, -0.15) is 0 Å². The van der Waals surface area contributed by atoms with Crippen LogP contribution in [0.5, 0.6) is 0 Å². The number of aromatic nitrogens is 1. The second kappa shape index (κ2) is 8.31. The molecule has 0 saturated heterocycles. The number of esters is 1. The van der Waals surface area contributed by atoms with E-state index in [1.165, 1.54) is 18.3 Å². The van der Waals surface area contributed by atoms with Gasteiger partial charge < -0.3 is 10.1 Å². The van der Waals surface area contributed by atoms with Crippen LogP contribution in [-0.4, -0.2) is 23.5 Å². The van der Waals surface area contributed by atoms with E-state index in [2.05, 4.69) is 10.3 Å². The third-order valence-corrected chi connectivity index (χ3v) is 3.12. The lowest BCUT2D eigenvalue weighted by molar-refractivity contribution is -0.142. The summed E-state index contributed by atoms with van der Waals surface area (Å²) in [5.74, 6) is -1.03. The Labute approximate surface area is 142 Å². The number of amides is 1. The van der Waals surface area contributed by atoms with Crippen molar-refractivity contribution in [3.05, 3.63) is 64.3 Å². The Morgan fingerprint density at radius 1 is 1.22 bits per heavy atom. The van der Waals surface area contributed by atoms with E-state index in [1.807, 2.05) is 30.3 Å². The molecule has 1 N–H and O–H groups in total. The second-order valence-corrected chi connectivity index (χ2v) is 5.23. The van der Waals surface area contributed by atoms with Crippen LogP contribution in [0.25, 0.3) is 6.08 Å². The lowest BCUT2D eigenvalue weighted by Crippen LogP contribution is -2.20. The number of pyridine rings is 1. The van der Waals surface area contributed by atoms with Crippen LogP contribution in [0.4, 0.5) is 5.82 Å². The number of carbonyl (C=O) groups excluding carboxylic acids is 2. The molecular weight excluding hydrogens is 339 g/mol. The lowest BCUT2D eigenvalue weighted by Gasteiger charge is -2.06. The van der Waals surface area contributed by atoms with Gasteiger partial charge in [0.1, 0.15) is 0 Å². The van der Waals surface area contributed by atoms with E-state index in [0.717, 1.165) is 5.56 Å². The number of nitrogens with zero attached hydrogens (tertiary/aromatic N) is 1. The summed E-state index contributed by atoms with van der Waals surface area (Å²) in [6, 6.07) is 10.7. The van der Waals surface area contributed by atoms with Gasteiger partial charge in [-0.25, -0.2) is 9.78 Å².